The van der Waals surface area contributed by atoms with Crippen LogP contribution in [0.3, 0.4) is 0 Å². The highest BCUT2D eigenvalue weighted by Gasteiger charge is 2.36. The van der Waals surface area contributed by atoms with Crippen molar-refractivity contribution >= 4 is 23.4 Å². The average molecular weight is 323 g/mol. The van der Waals surface area contributed by atoms with Crippen LogP contribution in [0.5, 0.6) is 0 Å². The van der Waals surface area contributed by atoms with Crippen LogP contribution < -0.4 is 10.7 Å². The number of likely N-dealkylation sites (tertiary alicyclic amines) is 1. The number of aromatic amines is 1. The van der Waals surface area contributed by atoms with Gasteiger partial charge in [0.15, 0.2) is 5.69 Å². The van der Waals surface area contributed by atoms with Crippen molar-refractivity contribution in [3.05, 3.63) is 38.3 Å². The summed E-state index contributed by atoms with van der Waals surface area (Å²) in [6, 6.07) is 1.15. The topological polar surface area (TPSA) is 95.2 Å². The molecule has 0 spiro atoms. The first kappa shape index (κ1) is 14.8. The van der Waals surface area contributed by atoms with Crippen molar-refractivity contribution in [3.8, 4) is 0 Å². The van der Waals surface area contributed by atoms with Gasteiger partial charge in [0.05, 0.1) is 6.04 Å². The van der Waals surface area contributed by atoms with Crippen molar-refractivity contribution in [1.82, 2.24) is 20.4 Å². The number of carbonyl (C=O) groups is 2. The van der Waals surface area contributed by atoms with Crippen molar-refractivity contribution < 1.29 is 9.59 Å². The first-order chi connectivity index (χ1) is 10.5. The number of amides is 2. The number of hydrogen-bond donors (Lipinski definition) is 2. The van der Waals surface area contributed by atoms with Crippen molar-refractivity contribution in [3.63, 3.8) is 0 Å². The van der Waals surface area contributed by atoms with Crippen LogP contribution in [0.4, 0.5) is 0 Å². The van der Waals surface area contributed by atoms with Gasteiger partial charge in [0.2, 0.25) is 5.43 Å². The smallest absolute Gasteiger partial charge is 0.276 e. The predicted molar refractivity (Wildman–Crippen MR) is 79.5 cm³/mol. The van der Waals surface area contributed by atoms with Crippen molar-refractivity contribution in [2.24, 2.45) is 0 Å². The van der Waals surface area contributed by atoms with E-state index in [0.29, 0.717) is 35.8 Å². The lowest BCUT2D eigenvalue weighted by atomic mass is 9.95. The molecule has 1 saturated heterocycles. The van der Waals surface area contributed by atoms with E-state index >= 15 is 0 Å². The molecule has 0 bridgehead atoms. The first-order valence-electron chi connectivity index (χ1n) is 6.99. The number of H-pyrrole nitrogens is 1. The molecule has 1 aromatic heterocycles. The molecular weight excluding hydrogens is 308 g/mol. The Balaban J connectivity index is 1.56. The SMILES string of the molecule is Cc1cc(=O)c(C(=O)NC2CN(C(=O)C3=C(Cl)CC3)C2)n[nH]1. The molecule has 0 aromatic carbocycles. The average Bonchev–Trinajstić information content (AvgIpc) is 2.40. The van der Waals surface area contributed by atoms with Gasteiger partial charge in [-0.25, -0.2) is 0 Å². The number of rotatable bonds is 3. The summed E-state index contributed by atoms with van der Waals surface area (Å²) in [5.41, 5.74) is 0.670. The molecule has 116 valence electrons. The number of allylic oxidation sites excluding steroid dienone is 1. The standard InChI is InChI=1S/C14H15ClN4O3/c1-7-4-11(20)12(18-17-7)13(21)16-8-5-19(6-8)14(22)9-2-3-10(9)15/h4,8H,2-3,5-6H2,1H3,(H,16,21)(H,17,20). The summed E-state index contributed by atoms with van der Waals surface area (Å²) in [5.74, 6) is -0.590. The van der Waals surface area contributed by atoms with E-state index in [0.717, 1.165) is 6.42 Å². The zero-order valence-electron chi connectivity index (χ0n) is 12.0. The van der Waals surface area contributed by atoms with E-state index in [1.165, 1.54) is 6.07 Å². The summed E-state index contributed by atoms with van der Waals surface area (Å²) < 4.78 is 0. The lowest BCUT2D eigenvalue weighted by molar-refractivity contribution is -0.132. The van der Waals surface area contributed by atoms with Gasteiger partial charge in [-0.1, -0.05) is 11.6 Å². The number of nitrogens with zero attached hydrogens (tertiary/aromatic N) is 2. The van der Waals surface area contributed by atoms with Crippen LogP contribution in [0, 0.1) is 6.92 Å². The summed E-state index contributed by atoms with van der Waals surface area (Å²) in [6.45, 7) is 2.52. The Bertz CT molecular complexity index is 734. The second-order valence-corrected chi connectivity index (χ2v) is 5.98. The maximum Gasteiger partial charge on any atom is 0.276 e. The summed E-state index contributed by atoms with van der Waals surface area (Å²) in [5, 5.41) is 9.68. The summed E-state index contributed by atoms with van der Waals surface area (Å²) in [7, 11) is 0. The third-order valence-electron chi connectivity index (χ3n) is 3.82. The largest absolute Gasteiger partial charge is 0.344 e. The van der Waals surface area contributed by atoms with E-state index in [4.69, 9.17) is 11.6 Å². The van der Waals surface area contributed by atoms with Crippen molar-refractivity contribution in [1.29, 1.82) is 0 Å². The van der Waals surface area contributed by atoms with Crippen molar-refractivity contribution in [2.45, 2.75) is 25.8 Å². The number of halogens is 1. The van der Waals surface area contributed by atoms with Gasteiger partial charge in [0, 0.05) is 35.5 Å². The maximum atomic E-state index is 12.0. The summed E-state index contributed by atoms with van der Waals surface area (Å²) >= 11 is 5.88. The minimum Gasteiger partial charge on any atom is -0.344 e. The fraction of sp³-hybridized carbons (Fsp3) is 0.429. The molecule has 0 saturated carbocycles. The molecule has 1 aromatic rings. The number of aromatic nitrogens is 2. The molecule has 1 aliphatic carbocycles. The Morgan fingerprint density at radius 1 is 1.41 bits per heavy atom. The van der Waals surface area contributed by atoms with E-state index in [9.17, 15) is 14.4 Å². The van der Waals surface area contributed by atoms with Crippen LogP contribution >= 0.6 is 11.6 Å². The second-order valence-electron chi connectivity index (χ2n) is 5.53. The van der Waals surface area contributed by atoms with E-state index in [-0.39, 0.29) is 17.6 Å². The lowest BCUT2D eigenvalue weighted by Crippen LogP contribution is -2.61. The normalized spacial score (nSPS) is 17.8. The van der Waals surface area contributed by atoms with E-state index in [1.807, 2.05) is 0 Å². The Kier molecular flexibility index (Phi) is 3.74. The summed E-state index contributed by atoms with van der Waals surface area (Å²) in [4.78, 5) is 37.3. The summed E-state index contributed by atoms with van der Waals surface area (Å²) in [6.07, 6.45) is 1.48. The predicted octanol–water partition coefficient (Wildman–Crippen LogP) is 0.306. The molecule has 7 nitrogen and oxygen atoms in total. The Labute approximate surface area is 131 Å². The fourth-order valence-electron chi connectivity index (χ4n) is 2.41. The van der Waals surface area contributed by atoms with Gasteiger partial charge >= 0.3 is 0 Å². The lowest BCUT2D eigenvalue weighted by Gasteiger charge is -2.40. The first-order valence-corrected chi connectivity index (χ1v) is 7.37. The monoisotopic (exact) mass is 322 g/mol. The van der Waals surface area contributed by atoms with Crippen LogP contribution in [0.25, 0.3) is 0 Å². The molecule has 2 heterocycles. The molecule has 3 rings (SSSR count). The molecule has 2 aliphatic rings. The van der Waals surface area contributed by atoms with Gasteiger partial charge in [0.25, 0.3) is 11.8 Å². The van der Waals surface area contributed by atoms with Gasteiger partial charge in [-0.2, -0.15) is 5.10 Å². The highest BCUT2D eigenvalue weighted by Crippen LogP contribution is 2.33. The molecule has 22 heavy (non-hydrogen) atoms. The highest BCUT2D eigenvalue weighted by molar-refractivity contribution is 6.33. The van der Waals surface area contributed by atoms with E-state index in [2.05, 4.69) is 15.5 Å². The van der Waals surface area contributed by atoms with Crippen LogP contribution in [-0.2, 0) is 4.79 Å². The molecular formula is C14H15ClN4O3. The van der Waals surface area contributed by atoms with Gasteiger partial charge in [-0.3, -0.25) is 19.5 Å². The zero-order valence-corrected chi connectivity index (χ0v) is 12.7. The molecule has 1 fully saturated rings. The maximum absolute atomic E-state index is 12.0. The second kappa shape index (κ2) is 5.57. The Morgan fingerprint density at radius 2 is 2.14 bits per heavy atom. The molecule has 1 aliphatic heterocycles. The van der Waals surface area contributed by atoms with Gasteiger partial charge < -0.3 is 10.2 Å². The van der Waals surface area contributed by atoms with Crippen LogP contribution in [0.2, 0.25) is 0 Å². The van der Waals surface area contributed by atoms with Gasteiger partial charge in [0.1, 0.15) is 0 Å². The van der Waals surface area contributed by atoms with Crippen LogP contribution in [-0.4, -0.2) is 46.0 Å². The zero-order chi connectivity index (χ0) is 15.9. The highest BCUT2D eigenvalue weighted by atomic mass is 35.5. The van der Waals surface area contributed by atoms with E-state index < -0.39 is 11.3 Å². The molecule has 8 heteroatoms. The quantitative estimate of drug-likeness (QED) is 0.837. The molecule has 2 amide bonds. The van der Waals surface area contributed by atoms with Gasteiger partial charge in [-0.05, 0) is 19.8 Å². The van der Waals surface area contributed by atoms with E-state index in [1.54, 1.807) is 11.8 Å². The number of hydrogen-bond acceptors (Lipinski definition) is 4. The minimum atomic E-state index is -0.528. The molecule has 0 atom stereocenters. The third kappa shape index (κ3) is 2.64. The number of aryl methyl sites for hydroxylation is 1. The molecule has 0 radical (unpaired) electrons. The van der Waals surface area contributed by atoms with Gasteiger partial charge in [-0.15, -0.1) is 0 Å². The molecule has 2 N–H and O–H groups in total. The molecule has 0 unspecified atom stereocenters. The number of carbonyl (C=O) groups excluding carboxylic acids is 2. The Morgan fingerprint density at radius 3 is 2.68 bits per heavy atom. The van der Waals surface area contributed by atoms with Crippen LogP contribution in [0.1, 0.15) is 29.0 Å². The minimum absolute atomic E-state index is 0.0620. The van der Waals surface area contributed by atoms with Crippen LogP contribution in [0.15, 0.2) is 21.5 Å². The Hall–Kier alpha value is -2.15. The number of nitrogens with one attached hydrogen (secondary N) is 2. The van der Waals surface area contributed by atoms with Crippen molar-refractivity contribution in [2.75, 3.05) is 13.1 Å². The third-order valence-corrected chi connectivity index (χ3v) is 4.24. The fourth-order valence-corrected chi connectivity index (χ4v) is 2.68.